The molecular formula is C14H18ClN3. The third kappa shape index (κ3) is 2.13. The summed E-state index contributed by atoms with van der Waals surface area (Å²) in [7, 11) is 0. The van der Waals surface area contributed by atoms with Crippen LogP contribution in [0.3, 0.4) is 0 Å². The van der Waals surface area contributed by atoms with Gasteiger partial charge in [-0.1, -0.05) is 17.7 Å². The molecule has 1 aromatic carbocycles. The second-order valence-corrected chi connectivity index (χ2v) is 6.31. The van der Waals surface area contributed by atoms with Crippen LogP contribution in [0.4, 0.5) is 0 Å². The van der Waals surface area contributed by atoms with Gasteiger partial charge in [0.05, 0.1) is 16.1 Å². The minimum Gasteiger partial charge on any atom is -0.325 e. The molecule has 1 saturated carbocycles. The van der Waals surface area contributed by atoms with Crippen molar-refractivity contribution in [2.45, 2.75) is 44.7 Å². The van der Waals surface area contributed by atoms with Crippen molar-refractivity contribution >= 4 is 22.6 Å². The number of hydrogen-bond donors (Lipinski definition) is 1. The minimum atomic E-state index is -0.250. The number of halogens is 1. The van der Waals surface area contributed by atoms with Gasteiger partial charge in [0.2, 0.25) is 0 Å². The molecule has 0 bridgehead atoms. The molecule has 1 heterocycles. The highest BCUT2D eigenvalue weighted by molar-refractivity contribution is 6.35. The Morgan fingerprint density at radius 3 is 2.78 bits per heavy atom. The normalized spacial score (nSPS) is 16.4. The van der Waals surface area contributed by atoms with Gasteiger partial charge in [0.25, 0.3) is 0 Å². The minimum absolute atomic E-state index is 0.250. The van der Waals surface area contributed by atoms with Crippen molar-refractivity contribution in [3.05, 3.63) is 29.0 Å². The van der Waals surface area contributed by atoms with Gasteiger partial charge in [-0.2, -0.15) is 0 Å². The third-order valence-corrected chi connectivity index (χ3v) is 3.56. The Hall–Kier alpha value is -1.06. The highest BCUT2D eigenvalue weighted by Crippen LogP contribution is 2.40. The summed E-state index contributed by atoms with van der Waals surface area (Å²) in [5.41, 5.74) is 7.93. The average molecular weight is 264 g/mol. The Morgan fingerprint density at radius 2 is 2.17 bits per heavy atom. The van der Waals surface area contributed by atoms with Crippen LogP contribution >= 0.6 is 11.6 Å². The molecule has 4 heteroatoms. The Labute approximate surface area is 112 Å². The number of fused-ring (bicyclic) bond motifs is 1. The van der Waals surface area contributed by atoms with Gasteiger partial charge < -0.3 is 10.3 Å². The van der Waals surface area contributed by atoms with Gasteiger partial charge in [0.1, 0.15) is 5.82 Å². The maximum atomic E-state index is 6.33. The van der Waals surface area contributed by atoms with Crippen molar-refractivity contribution in [2.24, 2.45) is 5.73 Å². The number of hydrogen-bond acceptors (Lipinski definition) is 2. The highest BCUT2D eigenvalue weighted by Gasteiger charge is 2.30. The van der Waals surface area contributed by atoms with E-state index in [9.17, 15) is 0 Å². The molecule has 2 N–H and O–H groups in total. The van der Waals surface area contributed by atoms with Gasteiger partial charge in [-0.3, -0.25) is 0 Å². The van der Waals surface area contributed by atoms with Crippen LogP contribution in [0.2, 0.25) is 5.02 Å². The molecule has 0 aliphatic heterocycles. The number of benzene rings is 1. The second kappa shape index (κ2) is 3.97. The molecule has 0 atom stereocenters. The third-order valence-electron chi connectivity index (χ3n) is 3.26. The summed E-state index contributed by atoms with van der Waals surface area (Å²) in [5.74, 6) is 1.06. The Balaban J connectivity index is 2.19. The van der Waals surface area contributed by atoms with Crippen molar-refractivity contribution in [1.29, 1.82) is 0 Å². The highest BCUT2D eigenvalue weighted by atomic mass is 35.5. The molecule has 96 valence electrons. The fourth-order valence-corrected chi connectivity index (χ4v) is 2.67. The van der Waals surface area contributed by atoms with E-state index < -0.39 is 0 Å². The average Bonchev–Trinajstić information content (AvgIpc) is 2.99. The van der Waals surface area contributed by atoms with Crippen LogP contribution in [0.25, 0.3) is 11.0 Å². The Morgan fingerprint density at radius 1 is 1.44 bits per heavy atom. The Kier molecular flexibility index (Phi) is 2.65. The van der Waals surface area contributed by atoms with E-state index in [4.69, 9.17) is 22.3 Å². The quantitative estimate of drug-likeness (QED) is 0.923. The maximum absolute atomic E-state index is 6.33. The van der Waals surface area contributed by atoms with Crippen molar-refractivity contribution in [3.8, 4) is 0 Å². The van der Waals surface area contributed by atoms with E-state index in [1.165, 1.54) is 12.8 Å². The Bertz CT molecular complexity index is 591. The second-order valence-electron chi connectivity index (χ2n) is 5.90. The van der Waals surface area contributed by atoms with E-state index in [0.29, 0.717) is 6.04 Å². The molecule has 0 saturated heterocycles. The fourth-order valence-electron chi connectivity index (χ4n) is 2.41. The summed E-state index contributed by atoms with van der Waals surface area (Å²) in [6.45, 7) is 4.07. The standard InChI is InChI=1S/C14H18ClN3/c1-14(2,16)8-12-17-11-5-3-4-10(15)13(11)18(12)9-6-7-9/h3-5,9H,6-8,16H2,1-2H3. The summed E-state index contributed by atoms with van der Waals surface area (Å²) in [5, 5.41) is 0.785. The van der Waals surface area contributed by atoms with E-state index in [0.717, 1.165) is 28.3 Å². The first-order valence-corrected chi connectivity index (χ1v) is 6.78. The zero-order valence-electron chi connectivity index (χ0n) is 10.8. The van der Waals surface area contributed by atoms with Crippen molar-refractivity contribution in [2.75, 3.05) is 0 Å². The number of nitrogens with zero attached hydrogens (tertiary/aromatic N) is 2. The van der Waals surface area contributed by atoms with Gasteiger partial charge in [-0.15, -0.1) is 0 Å². The SMILES string of the molecule is CC(C)(N)Cc1nc2cccc(Cl)c2n1C1CC1. The van der Waals surface area contributed by atoms with E-state index in [2.05, 4.69) is 4.57 Å². The number of aromatic nitrogens is 2. The topological polar surface area (TPSA) is 43.8 Å². The molecule has 3 nitrogen and oxygen atoms in total. The van der Waals surface area contributed by atoms with Crippen LogP contribution in [0, 0.1) is 0 Å². The predicted octanol–water partition coefficient (Wildman–Crippen LogP) is 3.30. The van der Waals surface area contributed by atoms with Gasteiger partial charge in [-0.25, -0.2) is 4.98 Å². The molecule has 0 amide bonds. The molecular weight excluding hydrogens is 246 g/mol. The van der Waals surface area contributed by atoms with Gasteiger partial charge >= 0.3 is 0 Å². The van der Waals surface area contributed by atoms with Crippen molar-refractivity contribution in [3.63, 3.8) is 0 Å². The first-order valence-electron chi connectivity index (χ1n) is 6.40. The van der Waals surface area contributed by atoms with E-state index >= 15 is 0 Å². The first kappa shape index (κ1) is 12.0. The zero-order valence-corrected chi connectivity index (χ0v) is 11.5. The summed E-state index contributed by atoms with van der Waals surface area (Å²) in [4.78, 5) is 4.72. The van der Waals surface area contributed by atoms with E-state index in [1.54, 1.807) is 0 Å². The van der Waals surface area contributed by atoms with Crippen LogP contribution in [-0.2, 0) is 6.42 Å². The van der Waals surface area contributed by atoms with Crippen LogP contribution in [0.1, 0.15) is 38.6 Å². The van der Waals surface area contributed by atoms with Crippen LogP contribution in [0.5, 0.6) is 0 Å². The van der Waals surface area contributed by atoms with Crippen molar-refractivity contribution < 1.29 is 0 Å². The lowest BCUT2D eigenvalue weighted by Gasteiger charge is -2.19. The molecule has 3 rings (SSSR count). The lowest BCUT2D eigenvalue weighted by Crippen LogP contribution is -2.35. The number of para-hydroxylation sites is 1. The summed E-state index contributed by atoms with van der Waals surface area (Å²) in [6, 6.07) is 6.47. The lowest BCUT2D eigenvalue weighted by atomic mass is 10.0. The summed E-state index contributed by atoms with van der Waals surface area (Å²) in [6.07, 6.45) is 3.21. The molecule has 1 aliphatic rings. The molecule has 1 fully saturated rings. The van der Waals surface area contributed by atoms with Crippen LogP contribution in [-0.4, -0.2) is 15.1 Å². The maximum Gasteiger partial charge on any atom is 0.111 e. The zero-order chi connectivity index (χ0) is 12.9. The van der Waals surface area contributed by atoms with Crippen LogP contribution < -0.4 is 5.73 Å². The number of nitrogens with two attached hydrogens (primary N) is 1. The molecule has 2 aromatic rings. The molecule has 0 unspecified atom stereocenters. The fraction of sp³-hybridized carbons (Fsp3) is 0.500. The smallest absolute Gasteiger partial charge is 0.111 e. The number of rotatable bonds is 3. The van der Waals surface area contributed by atoms with Crippen LogP contribution in [0.15, 0.2) is 18.2 Å². The van der Waals surface area contributed by atoms with Crippen molar-refractivity contribution in [1.82, 2.24) is 9.55 Å². The van der Waals surface area contributed by atoms with Gasteiger partial charge in [0, 0.05) is 18.0 Å². The predicted molar refractivity (Wildman–Crippen MR) is 75.0 cm³/mol. The molecule has 1 aliphatic carbocycles. The molecule has 0 spiro atoms. The van der Waals surface area contributed by atoms with E-state index in [-0.39, 0.29) is 5.54 Å². The molecule has 18 heavy (non-hydrogen) atoms. The van der Waals surface area contributed by atoms with Gasteiger partial charge in [0.15, 0.2) is 0 Å². The summed E-state index contributed by atoms with van der Waals surface area (Å²) >= 11 is 6.33. The summed E-state index contributed by atoms with van der Waals surface area (Å²) < 4.78 is 2.30. The molecule has 0 radical (unpaired) electrons. The van der Waals surface area contributed by atoms with E-state index in [1.807, 2.05) is 32.0 Å². The van der Waals surface area contributed by atoms with Gasteiger partial charge in [-0.05, 0) is 38.8 Å². The lowest BCUT2D eigenvalue weighted by molar-refractivity contribution is 0.488. The monoisotopic (exact) mass is 263 g/mol. The molecule has 1 aromatic heterocycles. The number of imidazole rings is 1. The largest absolute Gasteiger partial charge is 0.325 e. The first-order chi connectivity index (χ1) is 8.46.